The molecule has 0 spiro atoms. The van der Waals surface area contributed by atoms with E-state index in [0.717, 1.165) is 24.0 Å². The topological polar surface area (TPSA) is 62.7 Å². The van der Waals surface area contributed by atoms with Crippen molar-refractivity contribution in [1.29, 1.82) is 0 Å². The maximum Gasteiger partial charge on any atom is 0.261 e. The third-order valence-corrected chi connectivity index (χ3v) is 4.34. The van der Waals surface area contributed by atoms with E-state index in [1.165, 1.54) is 12.8 Å². The lowest BCUT2D eigenvalue weighted by atomic mass is 10.2. The van der Waals surface area contributed by atoms with Crippen LogP contribution in [-0.2, 0) is 0 Å². The van der Waals surface area contributed by atoms with Gasteiger partial charge in [-0.3, -0.25) is 9.48 Å². The summed E-state index contributed by atoms with van der Waals surface area (Å²) < 4.78 is 2.03. The van der Waals surface area contributed by atoms with Gasteiger partial charge in [0.25, 0.3) is 5.56 Å². The monoisotopic (exact) mass is 294 g/mol. The normalized spacial score (nSPS) is 15.5. The van der Waals surface area contributed by atoms with Crippen LogP contribution in [0.15, 0.2) is 47.4 Å². The summed E-state index contributed by atoms with van der Waals surface area (Å²) in [5, 5.41) is 8.63. The van der Waals surface area contributed by atoms with Gasteiger partial charge in [0.2, 0.25) is 0 Å². The van der Waals surface area contributed by atoms with Gasteiger partial charge in [-0.1, -0.05) is 31.0 Å². The van der Waals surface area contributed by atoms with E-state index in [2.05, 4.69) is 10.3 Å². The van der Waals surface area contributed by atoms with Crippen LogP contribution in [0, 0.1) is 0 Å². The van der Waals surface area contributed by atoms with Crippen LogP contribution in [0.2, 0.25) is 0 Å². The van der Waals surface area contributed by atoms with Crippen LogP contribution in [0.4, 0.5) is 11.5 Å². The lowest BCUT2D eigenvalue weighted by Crippen LogP contribution is -2.08. The summed E-state index contributed by atoms with van der Waals surface area (Å²) in [6.45, 7) is 0. The number of hydrogen-bond acceptors (Lipinski definition) is 3. The first-order valence-corrected chi connectivity index (χ1v) is 7.75. The van der Waals surface area contributed by atoms with Gasteiger partial charge in [-0.05, 0) is 31.0 Å². The van der Waals surface area contributed by atoms with Gasteiger partial charge in [-0.25, -0.2) is 0 Å². The van der Waals surface area contributed by atoms with E-state index in [9.17, 15) is 4.79 Å². The number of fused-ring (bicyclic) bond motifs is 1. The molecule has 2 N–H and O–H groups in total. The van der Waals surface area contributed by atoms with Crippen LogP contribution in [0.1, 0.15) is 31.7 Å². The van der Waals surface area contributed by atoms with Crippen molar-refractivity contribution in [1.82, 2.24) is 14.8 Å². The number of anilines is 2. The summed E-state index contributed by atoms with van der Waals surface area (Å²) in [5.41, 5.74) is 1.75. The van der Waals surface area contributed by atoms with Crippen LogP contribution in [0.25, 0.3) is 10.9 Å². The second-order valence-electron chi connectivity index (χ2n) is 5.79. The molecule has 1 aromatic carbocycles. The molecule has 0 radical (unpaired) electrons. The number of pyridine rings is 1. The first-order chi connectivity index (χ1) is 10.8. The van der Waals surface area contributed by atoms with E-state index < -0.39 is 0 Å². The van der Waals surface area contributed by atoms with E-state index in [1.807, 2.05) is 41.1 Å². The van der Waals surface area contributed by atoms with E-state index in [0.29, 0.717) is 17.2 Å². The Morgan fingerprint density at radius 1 is 1.14 bits per heavy atom. The Morgan fingerprint density at radius 2 is 1.91 bits per heavy atom. The van der Waals surface area contributed by atoms with Gasteiger partial charge in [0, 0.05) is 11.9 Å². The van der Waals surface area contributed by atoms with Crippen LogP contribution < -0.4 is 10.9 Å². The summed E-state index contributed by atoms with van der Waals surface area (Å²) in [4.78, 5) is 15.0. The molecule has 0 amide bonds. The highest BCUT2D eigenvalue weighted by molar-refractivity contribution is 5.91. The molecule has 5 heteroatoms. The van der Waals surface area contributed by atoms with E-state index in [1.54, 1.807) is 6.20 Å². The minimum absolute atomic E-state index is 0.0971. The maximum atomic E-state index is 12.3. The van der Waals surface area contributed by atoms with Crippen LogP contribution >= 0.6 is 0 Å². The smallest absolute Gasteiger partial charge is 0.261 e. The number of aromatic amines is 1. The van der Waals surface area contributed by atoms with Crippen molar-refractivity contribution in [2.75, 3.05) is 5.32 Å². The summed E-state index contributed by atoms with van der Waals surface area (Å²) in [7, 11) is 0. The molecule has 0 unspecified atom stereocenters. The molecule has 3 aromatic rings. The number of aromatic nitrogens is 3. The molecule has 0 saturated heterocycles. The number of hydrogen-bond donors (Lipinski definition) is 2. The summed E-state index contributed by atoms with van der Waals surface area (Å²) >= 11 is 0. The lowest BCUT2D eigenvalue weighted by Gasteiger charge is -2.10. The summed E-state index contributed by atoms with van der Waals surface area (Å²) in [6.07, 6.45) is 6.43. The Morgan fingerprint density at radius 3 is 2.68 bits per heavy atom. The fourth-order valence-corrected chi connectivity index (χ4v) is 3.27. The number of para-hydroxylation sites is 1. The third kappa shape index (κ3) is 2.19. The zero-order valence-corrected chi connectivity index (χ0v) is 12.2. The van der Waals surface area contributed by atoms with Gasteiger partial charge < -0.3 is 10.3 Å². The summed E-state index contributed by atoms with van der Waals surface area (Å²) in [6, 6.07) is 12.2. The van der Waals surface area contributed by atoms with Crippen LogP contribution in [0.5, 0.6) is 0 Å². The molecule has 2 aromatic heterocycles. The van der Waals surface area contributed by atoms with Gasteiger partial charge in [0.15, 0.2) is 5.82 Å². The third-order valence-electron chi connectivity index (χ3n) is 4.34. The van der Waals surface area contributed by atoms with Crippen molar-refractivity contribution in [2.24, 2.45) is 0 Å². The first-order valence-electron chi connectivity index (χ1n) is 7.75. The standard InChI is InChI=1S/C17H18N4O/c22-17-15-14(10-11-18-17)21(13-8-4-5-9-13)20-16(15)19-12-6-2-1-3-7-12/h1-3,6-7,10-11,13H,4-5,8-9H2,(H,18,22)(H,19,20). The average molecular weight is 294 g/mol. The first kappa shape index (κ1) is 13.1. The van der Waals surface area contributed by atoms with Gasteiger partial charge >= 0.3 is 0 Å². The van der Waals surface area contributed by atoms with E-state index in [4.69, 9.17) is 5.10 Å². The van der Waals surface area contributed by atoms with Gasteiger partial charge in [0.1, 0.15) is 5.39 Å². The molecule has 112 valence electrons. The van der Waals surface area contributed by atoms with Gasteiger partial charge in [-0.15, -0.1) is 0 Å². The minimum atomic E-state index is -0.0971. The fraction of sp³-hybridized carbons (Fsp3) is 0.294. The Hall–Kier alpha value is -2.56. The summed E-state index contributed by atoms with van der Waals surface area (Å²) in [5.74, 6) is 0.634. The molecule has 2 heterocycles. The Bertz CT molecular complexity index is 844. The molecule has 22 heavy (non-hydrogen) atoms. The number of nitrogens with zero attached hydrogens (tertiary/aromatic N) is 2. The maximum absolute atomic E-state index is 12.3. The number of H-pyrrole nitrogens is 1. The van der Waals surface area contributed by atoms with Crippen molar-refractivity contribution in [3.8, 4) is 0 Å². The van der Waals surface area contributed by atoms with Crippen molar-refractivity contribution >= 4 is 22.4 Å². The van der Waals surface area contributed by atoms with Crippen molar-refractivity contribution in [2.45, 2.75) is 31.7 Å². The van der Waals surface area contributed by atoms with E-state index >= 15 is 0 Å². The van der Waals surface area contributed by atoms with Crippen molar-refractivity contribution in [3.63, 3.8) is 0 Å². The molecule has 0 atom stereocenters. The zero-order valence-electron chi connectivity index (χ0n) is 12.2. The number of rotatable bonds is 3. The molecule has 1 aliphatic carbocycles. The van der Waals surface area contributed by atoms with Crippen molar-refractivity contribution in [3.05, 3.63) is 52.9 Å². The highest BCUT2D eigenvalue weighted by Crippen LogP contribution is 2.33. The molecule has 4 rings (SSSR count). The molecule has 1 saturated carbocycles. The average Bonchev–Trinajstić information content (AvgIpc) is 3.17. The predicted octanol–water partition coefficient (Wildman–Crippen LogP) is 3.58. The van der Waals surface area contributed by atoms with Gasteiger partial charge in [-0.2, -0.15) is 5.10 Å². The highest BCUT2D eigenvalue weighted by atomic mass is 16.1. The minimum Gasteiger partial charge on any atom is -0.338 e. The SMILES string of the molecule is O=c1[nH]ccc2c1c(Nc1ccccc1)nn2C1CCCC1. The van der Waals surface area contributed by atoms with E-state index in [-0.39, 0.29) is 5.56 Å². The quantitative estimate of drug-likeness (QED) is 0.776. The van der Waals surface area contributed by atoms with Crippen LogP contribution in [0.3, 0.4) is 0 Å². The Kier molecular flexibility index (Phi) is 3.18. The fourth-order valence-electron chi connectivity index (χ4n) is 3.27. The van der Waals surface area contributed by atoms with Crippen molar-refractivity contribution < 1.29 is 0 Å². The molecular formula is C17H18N4O. The molecule has 0 aliphatic heterocycles. The molecule has 1 fully saturated rings. The van der Waals surface area contributed by atoms with Crippen LogP contribution in [-0.4, -0.2) is 14.8 Å². The number of nitrogens with one attached hydrogen (secondary N) is 2. The Labute approximate surface area is 128 Å². The second kappa shape index (κ2) is 5.33. The number of benzene rings is 1. The zero-order chi connectivity index (χ0) is 14.9. The second-order valence-corrected chi connectivity index (χ2v) is 5.79. The molecule has 1 aliphatic rings. The highest BCUT2D eigenvalue weighted by Gasteiger charge is 2.22. The Balaban J connectivity index is 1.85. The molecule has 0 bridgehead atoms. The lowest BCUT2D eigenvalue weighted by molar-refractivity contribution is 0.483. The molecule has 5 nitrogen and oxygen atoms in total. The van der Waals surface area contributed by atoms with Gasteiger partial charge in [0.05, 0.1) is 11.6 Å². The largest absolute Gasteiger partial charge is 0.338 e. The predicted molar refractivity (Wildman–Crippen MR) is 87.6 cm³/mol. The molecular weight excluding hydrogens is 276 g/mol.